The van der Waals surface area contributed by atoms with Gasteiger partial charge in [-0.2, -0.15) is 4.98 Å². The van der Waals surface area contributed by atoms with E-state index < -0.39 is 11.6 Å². The van der Waals surface area contributed by atoms with Crippen LogP contribution < -0.4 is 10.1 Å². The van der Waals surface area contributed by atoms with Gasteiger partial charge in [0.05, 0.1) is 6.61 Å². The Balaban J connectivity index is 2.00. The average molecular weight is 228 g/mol. The molecule has 0 amide bonds. The smallest absolute Gasteiger partial charge is 0.252 e. The normalized spacial score (nSPS) is 14.9. The Labute approximate surface area is 92.8 Å². The minimum atomic E-state index is -0.757. The van der Waals surface area contributed by atoms with Crippen LogP contribution >= 0.6 is 0 Å². The molecule has 1 aromatic rings. The molecule has 1 heterocycles. The van der Waals surface area contributed by atoms with Crippen LogP contribution in [0.4, 0.5) is 14.6 Å². The first kappa shape index (κ1) is 11.1. The number of pyridine rings is 1. The van der Waals surface area contributed by atoms with Gasteiger partial charge < -0.3 is 10.1 Å². The summed E-state index contributed by atoms with van der Waals surface area (Å²) in [5.74, 6) is -0.886. The first-order valence-electron chi connectivity index (χ1n) is 5.37. The maximum absolute atomic E-state index is 13.3. The van der Waals surface area contributed by atoms with Gasteiger partial charge in [0.25, 0.3) is 5.88 Å². The molecule has 1 saturated carbocycles. The number of hydrogen-bond donors (Lipinski definition) is 1. The number of hydrogen-bond acceptors (Lipinski definition) is 3. The minimum Gasteiger partial charge on any atom is -0.476 e. The summed E-state index contributed by atoms with van der Waals surface area (Å²) < 4.78 is 31.5. The van der Waals surface area contributed by atoms with Gasteiger partial charge in [-0.05, 0) is 12.3 Å². The number of anilines is 1. The summed E-state index contributed by atoms with van der Waals surface area (Å²) in [6.07, 6.45) is 3.36. The van der Waals surface area contributed by atoms with Gasteiger partial charge in [0.2, 0.25) is 0 Å². The second-order valence-electron chi connectivity index (χ2n) is 3.94. The lowest BCUT2D eigenvalue weighted by Gasteiger charge is -2.08. The van der Waals surface area contributed by atoms with Crippen LogP contribution in [0.25, 0.3) is 0 Å². The Kier molecular flexibility index (Phi) is 3.22. The van der Waals surface area contributed by atoms with Crippen LogP contribution in [-0.2, 0) is 0 Å². The highest BCUT2D eigenvalue weighted by Gasteiger charge is 2.21. The largest absolute Gasteiger partial charge is 0.476 e. The number of nitrogens with zero attached hydrogens (tertiary/aromatic N) is 1. The fourth-order valence-electron chi connectivity index (χ4n) is 1.46. The molecule has 0 radical (unpaired) electrons. The lowest BCUT2D eigenvalue weighted by atomic mass is 10.3. The van der Waals surface area contributed by atoms with Gasteiger partial charge in [0.15, 0.2) is 17.5 Å². The monoisotopic (exact) mass is 228 g/mol. The van der Waals surface area contributed by atoms with Crippen LogP contribution in [-0.4, -0.2) is 18.6 Å². The molecule has 2 rings (SSSR count). The second-order valence-corrected chi connectivity index (χ2v) is 3.94. The van der Waals surface area contributed by atoms with E-state index >= 15 is 0 Å². The summed E-state index contributed by atoms with van der Waals surface area (Å²) in [5, 5.41) is 2.54. The molecule has 1 aromatic heterocycles. The topological polar surface area (TPSA) is 34.2 Å². The predicted octanol–water partition coefficient (Wildman–Crippen LogP) is 2.58. The Bertz CT molecular complexity index is 380. The van der Waals surface area contributed by atoms with Crippen molar-refractivity contribution in [1.29, 1.82) is 0 Å². The zero-order valence-corrected chi connectivity index (χ0v) is 9.09. The highest BCUT2D eigenvalue weighted by Crippen LogP contribution is 2.32. The van der Waals surface area contributed by atoms with Crippen molar-refractivity contribution >= 4 is 5.82 Å². The third kappa shape index (κ3) is 2.59. The summed E-state index contributed by atoms with van der Waals surface area (Å²) in [6, 6.07) is 0.783. The molecule has 1 fully saturated rings. The first-order chi connectivity index (χ1) is 7.70. The number of ether oxygens (including phenoxy) is 1. The lowest BCUT2D eigenvalue weighted by Crippen LogP contribution is -2.05. The van der Waals surface area contributed by atoms with Crippen LogP contribution in [0.5, 0.6) is 5.88 Å². The van der Waals surface area contributed by atoms with Crippen LogP contribution in [0, 0.1) is 17.6 Å². The van der Waals surface area contributed by atoms with E-state index in [9.17, 15) is 8.78 Å². The molecular weight excluding hydrogens is 214 g/mol. The van der Waals surface area contributed by atoms with Gasteiger partial charge in [-0.15, -0.1) is 0 Å². The molecule has 1 aliphatic rings. The molecule has 0 bridgehead atoms. The van der Waals surface area contributed by atoms with Crippen molar-refractivity contribution in [1.82, 2.24) is 4.98 Å². The minimum absolute atomic E-state index is 0.00261. The Hall–Kier alpha value is -1.39. The van der Waals surface area contributed by atoms with E-state index in [0.717, 1.165) is 12.5 Å². The quantitative estimate of drug-likeness (QED) is 0.841. The summed E-state index contributed by atoms with van der Waals surface area (Å²) in [7, 11) is 1.53. The molecule has 1 aliphatic carbocycles. The molecule has 1 N–H and O–H groups in total. The van der Waals surface area contributed by atoms with Crippen molar-refractivity contribution in [2.45, 2.75) is 19.3 Å². The zero-order valence-electron chi connectivity index (χ0n) is 9.09. The van der Waals surface area contributed by atoms with E-state index in [2.05, 4.69) is 10.3 Å². The molecule has 3 nitrogen and oxygen atoms in total. The van der Waals surface area contributed by atoms with Crippen molar-refractivity contribution in [3.8, 4) is 5.88 Å². The fourth-order valence-corrected chi connectivity index (χ4v) is 1.46. The molecule has 0 atom stereocenters. The van der Waals surface area contributed by atoms with E-state index in [0.29, 0.717) is 12.5 Å². The third-order valence-corrected chi connectivity index (χ3v) is 2.60. The molecule has 5 heteroatoms. The first-order valence-corrected chi connectivity index (χ1v) is 5.37. The highest BCUT2D eigenvalue weighted by molar-refractivity contribution is 5.38. The van der Waals surface area contributed by atoms with Crippen LogP contribution in [0.2, 0.25) is 0 Å². The van der Waals surface area contributed by atoms with E-state index in [4.69, 9.17) is 4.74 Å². The zero-order chi connectivity index (χ0) is 11.5. The molecule has 0 saturated heterocycles. The van der Waals surface area contributed by atoms with E-state index in [1.807, 2.05) is 0 Å². The average Bonchev–Trinajstić information content (AvgIpc) is 3.05. The van der Waals surface area contributed by atoms with E-state index in [1.54, 1.807) is 0 Å². The number of nitrogens with one attached hydrogen (secondary N) is 1. The van der Waals surface area contributed by atoms with Gasteiger partial charge in [0.1, 0.15) is 0 Å². The van der Waals surface area contributed by atoms with Gasteiger partial charge >= 0.3 is 0 Å². The molecule has 88 valence electrons. The maximum atomic E-state index is 13.3. The number of rotatable bonds is 5. The maximum Gasteiger partial charge on any atom is 0.252 e. The highest BCUT2D eigenvalue weighted by atomic mass is 19.1. The molecular formula is C11H14F2N2O. The van der Waals surface area contributed by atoms with Crippen molar-refractivity contribution in [3.63, 3.8) is 0 Å². The molecule has 0 aromatic carbocycles. The van der Waals surface area contributed by atoms with Crippen molar-refractivity contribution < 1.29 is 13.5 Å². The summed E-state index contributed by atoms with van der Waals surface area (Å²) >= 11 is 0. The Morgan fingerprint density at radius 2 is 2.19 bits per heavy atom. The van der Waals surface area contributed by atoms with Crippen molar-refractivity contribution in [2.75, 3.05) is 19.0 Å². The number of halogens is 2. The summed E-state index contributed by atoms with van der Waals surface area (Å²) in [5.41, 5.74) is 0. The molecule has 0 spiro atoms. The van der Waals surface area contributed by atoms with Crippen LogP contribution in [0.15, 0.2) is 6.07 Å². The van der Waals surface area contributed by atoms with Crippen molar-refractivity contribution in [2.24, 2.45) is 5.92 Å². The predicted molar refractivity (Wildman–Crippen MR) is 56.5 cm³/mol. The van der Waals surface area contributed by atoms with E-state index in [1.165, 1.54) is 19.9 Å². The molecule has 16 heavy (non-hydrogen) atoms. The Morgan fingerprint density at radius 1 is 1.44 bits per heavy atom. The van der Waals surface area contributed by atoms with Gasteiger partial charge in [-0.25, -0.2) is 8.78 Å². The van der Waals surface area contributed by atoms with Gasteiger partial charge in [0, 0.05) is 13.1 Å². The van der Waals surface area contributed by atoms with E-state index in [-0.39, 0.29) is 11.7 Å². The fraction of sp³-hybridized carbons (Fsp3) is 0.545. The second kappa shape index (κ2) is 4.63. The molecule has 0 unspecified atom stereocenters. The van der Waals surface area contributed by atoms with Gasteiger partial charge in [-0.1, -0.05) is 12.8 Å². The Morgan fingerprint density at radius 3 is 2.81 bits per heavy atom. The van der Waals surface area contributed by atoms with Crippen LogP contribution in [0.3, 0.4) is 0 Å². The standard InChI is InChI=1S/C11H14F2N2O/c1-14-10-8(12)6-9(13)11(15-10)16-5-4-7-2-3-7/h6-7H,2-5H2,1H3,(H,14,15). The molecule has 0 aliphatic heterocycles. The van der Waals surface area contributed by atoms with Gasteiger partial charge in [-0.3, -0.25) is 0 Å². The van der Waals surface area contributed by atoms with Crippen LogP contribution in [0.1, 0.15) is 19.3 Å². The lowest BCUT2D eigenvalue weighted by molar-refractivity contribution is 0.275. The number of aromatic nitrogens is 1. The third-order valence-electron chi connectivity index (χ3n) is 2.60. The SMILES string of the molecule is CNc1nc(OCCC2CC2)c(F)cc1F. The summed E-state index contributed by atoms with van der Waals surface area (Å²) in [4.78, 5) is 3.72. The van der Waals surface area contributed by atoms with Crippen molar-refractivity contribution in [3.05, 3.63) is 17.7 Å². The summed E-state index contributed by atoms with van der Waals surface area (Å²) in [6.45, 7) is 0.434.